The fourth-order valence-corrected chi connectivity index (χ4v) is 2.75. The molecule has 0 spiro atoms. The van der Waals surface area contributed by atoms with Crippen LogP contribution < -0.4 is 0 Å². The van der Waals surface area contributed by atoms with Crippen molar-refractivity contribution in [3.63, 3.8) is 0 Å². The van der Waals surface area contributed by atoms with Gasteiger partial charge in [0, 0.05) is 5.75 Å². The average molecular weight is 232 g/mol. The maximum atomic E-state index is 10.6. The molecule has 0 amide bonds. The maximum Gasteiger partial charge on any atom is 0.307 e. The van der Waals surface area contributed by atoms with Crippen molar-refractivity contribution in [2.45, 2.75) is 46.5 Å². The molecule has 0 saturated carbocycles. The van der Waals surface area contributed by atoms with E-state index in [9.17, 15) is 4.79 Å². The molecule has 0 aliphatic carbocycles. The fourth-order valence-electron chi connectivity index (χ4n) is 1.38. The molecule has 1 N–H and O–H groups in total. The van der Waals surface area contributed by atoms with Gasteiger partial charge < -0.3 is 5.11 Å². The highest BCUT2D eigenvalue weighted by Crippen LogP contribution is 2.20. The molecule has 0 aromatic carbocycles. The lowest BCUT2D eigenvalue weighted by molar-refractivity contribution is -0.140. The molecule has 0 heterocycles. The van der Waals surface area contributed by atoms with Gasteiger partial charge in [0.15, 0.2) is 0 Å². The van der Waals surface area contributed by atoms with Crippen LogP contribution in [0.2, 0.25) is 0 Å². The number of carboxylic acids is 1. The normalized spacial score (nSPS) is 14.9. The molecule has 0 aromatic heterocycles. The van der Waals surface area contributed by atoms with Crippen LogP contribution in [-0.2, 0) is 4.79 Å². The Balaban J connectivity index is 3.57. The highest BCUT2D eigenvalue weighted by molar-refractivity contribution is 7.99. The molecule has 90 valence electrons. The van der Waals surface area contributed by atoms with E-state index in [0.29, 0.717) is 0 Å². The average Bonchev–Trinajstić information content (AvgIpc) is 2.22. The topological polar surface area (TPSA) is 37.3 Å². The molecule has 0 aromatic rings. The number of carboxylic acid groups (broad SMARTS) is 1. The maximum absolute atomic E-state index is 10.6. The summed E-state index contributed by atoms with van der Waals surface area (Å²) in [5.41, 5.74) is 0. The lowest BCUT2D eigenvalue weighted by Crippen LogP contribution is -2.13. The first kappa shape index (κ1) is 14.8. The summed E-state index contributed by atoms with van der Waals surface area (Å²) in [5.74, 6) is 1.75. The van der Waals surface area contributed by atoms with E-state index >= 15 is 0 Å². The molecule has 0 rings (SSSR count). The molecule has 0 saturated heterocycles. The molecular formula is C12H24O2S. The van der Waals surface area contributed by atoms with Gasteiger partial charge in [0.05, 0.1) is 5.92 Å². The van der Waals surface area contributed by atoms with E-state index in [-0.39, 0.29) is 5.92 Å². The van der Waals surface area contributed by atoms with Gasteiger partial charge in [-0.3, -0.25) is 4.79 Å². The molecule has 2 unspecified atom stereocenters. The van der Waals surface area contributed by atoms with E-state index in [0.717, 1.165) is 17.4 Å². The van der Waals surface area contributed by atoms with Crippen molar-refractivity contribution >= 4 is 17.7 Å². The Morgan fingerprint density at radius 1 is 1.33 bits per heavy atom. The van der Waals surface area contributed by atoms with Crippen molar-refractivity contribution < 1.29 is 9.90 Å². The van der Waals surface area contributed by atoms with Crippen LogP contribution >= 0.6 is 11.8 Å². The van der Waals surface area contributed by atoms with E-state index in [4.69, 9.17) is 5.11 Å². The minimum Gasteiger partial charge on any atom is -0.481 e. The van der Waals surface area contributed by atoms with Crippen molar-refractivity contribution in [1.82, 2.24) is 0 Å². The first-order valence-corrected chi connectivity index (χ1v) is 7.07. The van der Waals surface area contributed by atoms with Crippen LogP contribution in [0, 0.1) is 11.8 Å². The second kappa shape index (κ2) is 9.08. The Kier molecular flexibility index (Phi) is 8.97. The number of thioether (sulfide) groups is 1. The smallest absolute Gasteiger partial charge is 0.307 e. The Hall–Kier alpha value is -0.180. The van der Waals surface area contributed by atoms with Crippen molar-refractivity contribution in [2.24, 2.45) is 11.8 Å². The van der Waals surface area contributed by atoms with Crippen LogP contribution in [-0.4, -0.2) is 22.6 Å². The molecule has 3 heteroatoms. The van der Waals surface area contributed by atoms with Crippen LogP contribution in [0.5, 0.6) is 0 Å². The van der Waals surface area contributed by atoms with Crippen LogP contribution in [0.1, 0.15) is 46.5 Å². The highest BCUT2D eigenvalue weighted by Gasteiger charge is 2.12. The molecular weight excluding hydrogens is 208 g/mol. The lowest BCUT2D eigenvalue weighted by Gasteiger charge is -2.14. The van der Waals surface area contributed by atoms with Crippen LogP contribution in [0.4, 0.5) is 0 Å². The lowest BCUT2D eigenvalue weighted by atomic mass is 10.0. The summed E-state index contributed by atoms with van der Waals surface area (Å²) >= 11 is 1.79. The predicted octanol–water partition coefficient (Wildman–Crippen LogP) is 3.66. The summed E-state index contributed by atoms with van der Waals surface area (Å²) in [6, 6.07) is 0. The fraction of sp³-hybridized carbons (Fsp3) is 0.917. The summed E-state index contributed by atoms with van der Waals surface area (Å²) in [6.45, 7) is 6.22. The minimum absolute atomic E-state index is 0.210. The van der Waals surface area contributed by atoms with Gasteiger partial charge in [-0.2, -0.15) is 11.8 Å². The molecule has 0 aliphatic heterocycles. The summed E-state index contributed by atoms with van der Waals surface area (Å²) in [6.07, 6.45) is 5.07. The summed E-state index contributed by atoms with van der Waals surface area (Å²) in [7, 11) is 0. The molecule has 0 radical (unpaired) electrons. The van der Waals surface area contributed by atoms with E-state index < -0.39 is 5.97 Å². The second-order valence-corrected chi connectivity index (χ2v) is 5.27. The van der Waals surface area contributed by atoms with Gasteiger partial charge in [-0.1, -0.05) is 40.0 Å². The van der Waals surface area contributed by atoms with Crippen molar-refractivity contribution in [3.05, 3.63) is 0 Å². The zero-order valence-electron chi connectivity index (χ0n) is 10.2. The van der Waals surface area contributed by atoms with Crippen molar-refractivity contribution in [3.8, 4) is 0 Å². The SMILES string of the molecule is CCCCC(CC)CSCC(C)C(=O)O. The van der Waals surface area contributed by atoms with Crippen LogP contribution in [0.15, 0.2) is 0 Å². The van der Waals surface area contributed by atoms with Gasteiger partial charge in [0.1, 0.15) is 0 Å². The number of hydrogen-bond donors (Lipinski definition) is 1. The predicted molar refractivity (Wildman–Crippen MR) is 67.4 cm³/mol. The van der Waals surface area contributed by atoms with E-state index in [1.165, 1.54) is 25.7 Å². The van der Waals surface area contributed by atoms with E-state index in [1.807, 2.05) is 0 Å². The third-order valence-corrected chi connectivity index (χ3v) is 4.13. The number of rotatable bonds is 9. The standard InChI is InChI=1S/C12H24O2S/c1-4-6-7-11(5-2)9-15-8-10(3)12(13)14/h10-11H,4-9H2,1-3H3,(H,13,14). The van der Waals surface area contributed by atoms with Gasteiger partial charge in [0.2, 0.25) is 0 Å². The quantitative estimate of drug-likeness (QED) is 0.659. The van der Waals surface area contributed by atoms with Crippen LogP contribution in [0.25, 0.3) is 0 Å². The van der Waals surface area contributed by atoms with Crippen molar-refractivity contribution in [2.75, 3.05) is 11.5 Å². The van der Waals surface area contributed by atoms with Gasteiger partial charge >= 0.3 is 5.97 Å². The Morgan fingerprint density at radius 2 is 2.00 bits per heavy atom. The Labute approximate surface area is 97.8 Å². The largest absolute Gasteiger partial charge is 0.481 e. The Bertz CT molecular complexity index is 171. The first-order valence-electron chi connectivity index (χ1n) is 5.92. The van der Waals surface area contributed by atoms with Gasteiger partial charge in [0.25, 0.3) is 0 Å². The van der Waals surface area contributed by atoms with Gasteiger partial charge in [-0.05, 0) is 18.1 Å². The second-order valence-electron chi connectivity index (χ2n) is 4.19. The molecule has 0 bridgehead atoms. The molecule has 2 nitrogen and oxygen atoms in total. The zero-order valence-corrected chi connectivity index (χ0v) is 11.0. The summed E-state index contributed by atoms with van der Waals surface area (Å²) in [5, 5.41) is 8.73. The molecule has 0 aliphatic rings. The van der Waals surface area contributed by atoms with Gasteiger partial charge in [-0.15, -0.1) is 0 Å². The summed E-state index contributed by atoms with van der Waals surface area (Å²) in [4.78, 5) is 10.6. The van der Waals surface area contributed by atoms with E-state index in [2.05, 4.69) is 13.8 Å². The zero-order chi connectivity index (χ0) is 11.7. The van der Waals surface area contributed by atoms with Gasteiger partial charge in [-0.25, -0.2) is 0 Å². The third-order valence-electron chi connectivity index (χ3n) is 2.69. The first-order chi connectivity index (χ1) is 7.11. The third kappa shape index (κ3) is 7.71. The van der Waals surface area contributed by atoms with Crippen molar-refractivity contribution in [1.29, 1.82) is 0 Å². The number of hydrogen-bond acceptors (Lipinski definition) is 2. The minimum atomic E-state index is -0.677. The number of aliphatic carboxylic acids is 1. The van der Waals surface area contributed by atoms with E-state index in [1.54, 1.807) is 18.7 Å². The monoisotopic (exact) mass is 232 g/mol. The Morgan fingerprint density at radius 3 is 2.47 bits per heavy atom. The molecule has 0 fully saturated rings. The molecule has 15 heavy (non-hydrogen) atoms. The summed E-state index contributed by atoms with van der Waals surface area (Å²) < 4.78 is 0. The number of unbranched alkanes of at least 4 members (excludes halogenated alkanes) is 1. The molecule has 2 atom stereocenters. The number of carbonyl (C=O) groups is 1. The van der Waals surface area contributed by atoms with Crippen LogP contribution in [0.3, 0.4) is 0 Å². The highest BCUT2D eigenvalue weighted by atomic mass is 32.2.